The predicted molar refractivity (Wildman–Crippen MR) is 109 cm³/mol. The number of amides is 2. The first kappa shape index (κ1) is 20.5. The molecule has 0 saturated carbocycles. The van der Waals surface area contributed by atoms with E-state index in [1.807, 2.05) is 0 Å². The van der Waals surface area contributed by atoms with Crippen molar-refractivity contribution in [3.05, 3.63) is 54.1 Å². The van der Waals surface area contributed by atoms with Crippen LogP contribution in [0.2, 0.25) is 0 Å². The fourth-order valence-electron chi connectivity index (χ4n) is 3.17. The van der Waals surface area contributed by atoms with Crippen molar-refractivity contribution in [1.29, 1.82) is 0 Å². The van der Waals surface area contributed by atoms with Gasteiger partial charge in [-0.25, -0.2) is 0 Å². The van der Waals surface area contributed by atoms with Crippen molar-refractivity contribution >= 4 is 29.2 Å². The molecule has 1 heterocycles. The summed E-state index contributed by atoms with van der Waals surface area (Å²) < 4.78 is 10.3. The zero-order chi connectivity index (χ0) is 20.6. The average Bonchev–Trinajstić information content (AvgIpc) is 2.68. The van der Waals surface area contributed by atoms with Crippen LogP contribution in [-0.2, 0) is 14.3 Å². The van der Waals surface area contributed by atoms with Gasteiger partial charge in [0, 0.05) is 43.5 Å². The molecule has 0 bridgehead atoms. The number of rotatable bonds is 6. The van der Waals surface area contributed by atoms with Crippen LogP contribution >= 0.6 is 0 Å². The topological polar surface area (TPSA) is 93.7 Å². The number of esters is 1. The molecule has 2 aromatic carbocycles. The Morgan fingerprint density at radius 2 is 1.69 bits per heavy atom. The fraction of sp³-hybridized carbons (Fsp3) is 0.318. The highest BCUT2D eigenvalue weighted by atomic mass is 16.5. The predicted octanol–water partition coefficient (Wildman–Crippen LogP) is 3.62. The Morgan fingerprint density at radius 3 is 2.41 bits per heavy atom. The van der Waals surface area contributed by atoms with Crippen molar-refractivity contribution < 1.29 is 23.9 Å². The summed E-state index contributed by atoms with van der Waals surface area (Å²) in [6.45, 7) is 2.71. The van der Waals surface area contributed by atoms with E-state index in [0.717, 1.165) is 12.8 Å². The summed E-state index contributed by atoms with van der Waals surface area (Å²) >= 11 is 0. The minimum atomic E-state index is -0.452. The molecule has 1 saturated heterocycles. The Kier molecular flexibility index (Phi) is 6.97. The van der Waals surface area contributed by atoms with Gasteiger partial charge in [0.1, 0.15) is 5.75 Å². The van der Waals surface area contributed by atoms with Gasteiger partial charge in [-0.3, -0.25) is 14.4 Å². The summed E-state index contributed by atoms with van der Waals surface area (Å²) in [6.07, 6.45) is 2.26. The monoisotopic (exact) mass is 396 g/mol. The normalized spacial score (nSPS) is 14.1. The van der Waals surface area contributed by atoms with E-state index in [2.05, 4.69) is 10.6 Å². The third kappa shape index (κ3) is 6.43. The van der Waals surface area contributed by atoms with Gasteiger partial charge in [-0.05, 0) is 55.2 Å². The molecule has 2 aromatic rings. The van der Waals surface area contributed by atoms with E-state index < -0.39 is 5.97 Å². The standard InChI is InChI=1S/C22H24N2O5/c1-15(25)29-20-7-2-4-17(13-20)22(27)24-19-6-3-5-18(14-19)23-21(26)12-16-8-10-28-11-9-16/h2-7,13-14,16H,8-12H2,1H3,(H,23,26)(H,24,27). The molecule has 7 nitrogen and oxygen atoms in total. The Morgan fingerprint density at radius 1 is 1.00 bits per heavy atom. The average molecular weight is 396 g/mol. The third-order valence-corrected chi connectivity index (χ3v) is 4.58. The van der Waals surface area contributed by atoms with Gasteiger partial charge in [0.15, 0.2) is 0 Å². The van der Waals surface area contributed by atoms with E-state index in [4.69, 9.17) is 9.47 Å². The van der Waals surface area contributed by atoms with Gasteiger partial charge in [0.2, 0.25) is 5.91 Å². The minimum Gasteiger partial charge on any atom is -0.427 e. The lowest BCUT2D eigenvalue weighted by molar-refractivity contribution is -0.131. The SMILES string of the molecule is CC(=O)Oc1cccc(C(=O)Nc2cccc(NC(=O)CC3CCOCC3)c2)c1. The number of hydrogen-bond acceptors (Lipinski definition) is 5. The van der Waals surface area contributed by atoms with Gasteiger partial charge in [0.05, 0.1) is 0 Å². The molecule has 0 aliphatic carbocycles. The van der Waals surface area contributed by atoms with Crippen LogP contribution in [0.25, 0.3) is 0 Å². The molecule has 2 amide bonds. The van der Waals surface area contributed by atoms with Crippen LogP contribution in [0.3, 0.4) is 0 Å². The maximum absolute atomic E-state index is 12.5. The molecule has 152 valence electrons. The lowest BCUT2D eigenvalue weighted by Crippen LogP contribution is -2.22. The molecule has 1 fully saturated rings. The van der Waals surface area contributed by atoms with Crippen LogP contribution in [0, 0.1) is 5.92 Å². The highest BCUT2D eigenvalue weighted by Gasteiger charge is 2.17. The number of hydrogen-bond donors (Lipinski definition) is 2. The number of carbonyl (C=O) groups is 3. The molecule has 3 rings (SSSR count). The van der Waals surface area contributed by atoms with E-state index in [9.17, 15) is 14.4 Å². The molecule has 1 aliphatic rings. The molecule has 0 unspecified atom stereocenters. The smallest absolute Gasteiger partial charge is 0.308 e. The van der Waals surface area contributed by atoms with Gasteiger partial charge < -0.3 is 20.1 Å². The highest BCUT2D eigenvalue weighted by molar-refractivity contribution is 6.05. The van der Waals surface area contributed by atoms with Crippen LogP contribution in [0.5, 0.6) is 5.75 Å². The van der Waals surface area contributed by atoms with Gasteiger partial charge in [-0.1, -0.05) is 12.1 Å². The van der Waals surface area contributed by atoms with Crippen LogP contribution in [0.15, 0.2) is 48.5 Å². The maximum atomic E-state index is 12.5. The molecule has 0 spiro atoms. The van der Waals surface area contributed by atoms with Crippen LogP contribution in [0.1, 0.15) is 36.5 Å². The zero-order valence-electron chi connectivity index (χ0n) is 16.3. The second-order valence-electron chi connectivity index (χ2n) is 6.96. The number of benzene rings is 2. The quantitative estimate of drug-likeness (QED) is 0.575. The Balaban J connectivity index is 1.59. The lowest BCUT2D eigenvalue weighted by atomic mass is 9.96. The third-order valence-electron chi connectivity index (χ3n) is 4.58. The molecular formula is C22H24N2O5. The highest BCUT2D eigenvalue weighted by Crippen LogP contribution is 2.21. The summed E-state index contributed by atoms with van der Waals surface area (Å²) in [5.74, 6) is -0.193. The first-order chi connectivity index (χ1) is 14.0. The largest absolute Gasteiger partial charge is 0.427 e. The molecule has 7 heteroatoms. The van der Waals surface area contributed by atoms with Crippen molar-refractivity contribution in [3.8, 4) is 5.75 Å². The van der Waals surface area contributed by atoms with E-state index in [0.29, 0.717) is 48.2 Å². The van der Waals surface area contributed by atoms with Gasteiger partial charge in [-0.2, -0.15) is 0 Å². The summed E-state index contributed by atoms with van der Waals surface area (Å²) in [7, 11) is 0. The summed E-state index contributed by atoms with van der Waals surface area (Å²) in [5.41, 5.74) is 1.53. The summed E-state index contributed by atoms with van der Waals surface area (Å²) in [6, 6.07) is 13.3. The van der Waals surface area contributed by atoms with Crippen LogP contribution < -0.4 is 15.4 Å². The maximum Gasteiger partial charge on any atom is 0.308 e. The van der Waals surface area contributed by atoms with Gasteiger partial charge in [0.25, 0.3) is 5.91 Å². The zero-order valence-corrected chi connectivity index (χ0v) is 16.3. The Bertz CT molecular complexity index is 890. The van der Waals surface area contributed by atoms with Crippen LogP contribution in [-0.4, -0.2) is 31.0 Å². The van der Waals surface area contributed by atoms with Gasteiger partial charge >= 0.3 is 5.97 Å². The molecule has 29 heavy (non-hydrogen) atoms. The van der Waals surface area contributed by atoms with E-state index in [1.165, 1.54) is 13.0 Å². The number of nitrogens with one attached hydrogen (secondary N) is 2. The fourth-order valence-corrected chi connectivity index (χ4v) is 3.17. The summed E-state index contributed by atoms with van der Waals surface area (Å²) in [4.78, 5) is 35.9. The van der Waals surface area contributed by atoms with Crippen LogP contribution in [0.4, 0.5) is 11.4 Å². The molecule has 2 N–H and O–H groups in total. The lowest BCUT2D eigenvalue weighted by Gasteiger charge is -2.21. The van der Waals surface area contributed by atoms with Crippen molar-refractivity contribution in [2.45, 2.75) is 26.2 Å². The Hall–Kier alpha value is -3.19. The van der Waals surface area contributed by atoms with Crippen molar-refractivity contribution in [2.75, 3.05) is 23.8 Å². The molecular weight excluding hydrogens is 372 g/mol. The Labute approximate surface area is 169 Å². The van der Waals surface area contributed by atoms with E-state index >= 15 is 0 Å². The van der Waals surface area contributed by atoms with Crippen molar-refractivity contribution in [2.24, 2.45) is 5.92 Å². The second kappa shape index (κ2) is 9.84. The molecule has 0 aromatic heterocycles. The van der Waals surface area contributed by atoms with Gasteiger partial charge in [-0.15, -0.1) is 0 Å². The minimum absolute atomic E-state index is 0.0468. The van der Waals surface area contributed by atoms with E-state index in [-0.39, 0.29) is 11.8 Å². The number of anilines is 2. The molecule has 0 radical (unpaired) electrons. The first-order valence-corrected chi connectivity index (χ1v) is 9.57. The molecule has 0 atom stereocenters. The second-order valence-corrected chi connectivity index (χ2v) is 6.96. The number of ether oxygens (including phenoxy) is 2. The first-order valence-electron chi connectivity index (χ1n) is 9.57. The van der Waals surface area contributed by atoms with E-state index in [1.54, 1.807) is 42.5 Å². The molecule has 1 aliphatic heterocycles. The number of carbonyl (C=O) groups excluding carboxylic acids is 3. The van der Waals surface area contributed by atoms with Crippen molar-refractivity contribution in [3.63, 3.8) is 0 Å². The summed E-state index contributed by atoms with van der Waals surface area (Å²) in [5, 5.41) is 5.67. The van der Waals surface area contributed by atoms with Crippen molar-refractivity contribution in [1.82, 2.24) is 0 Å².